The average molecular weight is 195 g/mol. The first-order valence-corrected chi connectivity index (χ1v) is 4.16. The van der Waals surface area contributed by atoms with Crippen LogP contribution in [0.5, 0.6) is 5.75 Å². The van der Waals surface area contributed by atoms with E-state index in [2.05, 4.69) is 9.97 Å². The Morgan fingerprint density at radius 3 is 2.92 bits per heavy atom. The zero-order valence-electron chi connectivity index (χ0n) is 6.95. The van der Waals surface area contributed by atoms with Gasteiger partial charge in [0.05, 0.1) is 11.2 Å². The van der Waals surface area contributed by atoms with Crippen LogP contribution in [-0.4, -0.2) is 15.1 Å². The molecule has 0 unspecified atom stereocenters. The molecule has 2 rings (SSSR count). The standard InChI is InChI=1S/C9H7ClN2O/c1-5-8(13)2-6-4-11-9(10)3-7(6)12-5/h2-4,13H,1H3. The van der Waals surface area contributed by atoms with Crippen molar-refractivity contribution in [3.05, 3.63) is 29.2 Å². The van der Waals surface area contributed by atoms with E-state index >= 15 is 0 Å². The van der Waals surface area contributed by atoms with Crippen LogP contribution in [0.4, 0.5) is 0 Å². The van der Waals surface area contributed by atoms with Gasteiger partial charge in [-0.15, -0.1) is 0 Å². The molecule has 13 heavy (non-hydrogen) atoms. The molecule has 2 heterocycles. The smallest absolute Gasteiger partial charge is 0.137 e. The van der Waals surface area contributed by atoms with Crippen molar-refractivity contribution >= 4 is 22.5 Å². The van der Waals surface area contributed by atoms with Crippen molar-refractivity contribution < 1.29 is 5.11 Å². The number of pyridine rings is 2. The quantitative estimate of drug-likeness (QED) is 0.655. The minimum Gasteiger partial charge on any atom is -0.506 e. The van der Waals surface area contributed by atoms with Crippen LogP contribution >= 0.6 is 11.6 Å². The number of aromatic hydroxyl groups is 1. The Bertz CT molecular complexity index is 470. The average Bonchev–Trinajstić information content (AvgIpc) is 2.08. The maximum Gasteiger partial charge on any atom is 0.137 e. The van der Waals surface area contributed by atoms with Crippen molar-refractivity contribution in [3.8, 4) is 5.75 Å². The van der Waals surface area contributed by atoms with E-state index < -0.39 is 0 Å². The van der Waals surface area contributed by atoms with Gasteiger partial charge < -0.3 is 5.11 Å². The monoisotopic (exact) mass is 194 g/mol. The van der Waals surface area contributed by atoms with Crippen LogP contribution in [0.15, 0.2) is 18.3 Å². The second-order valence-electron chi connectivity index (χ2n) is 2.79. The van der Waals surface area contributed by atoms with Gasteiger partial charge in [-0.1, -0.05) is 11.6 Å². The highest BCUT2D eigenvalue weighted by molar-refractivity contribution is 6.29. The Balaban J connectivity index is 2.81. The van der Waals surface area contributed by atoms with Gasteiger partial charge in [0.2, 0.25) is 0 Å². The minimum atomic E-state index is 0.177. The summed E-state index contributed by atoms with van der Waals surface area (Å²) in [5.74, 6) is 0.177. The second kappa shape index (κ2) is 2.85. The van der Waals surface area contributed by atoms with Crippen LogP contribution in [-0.2, 0) is 0 Å². The fourth-order valence-electron chi connectivity index (χ4n) is 1.13. The maximum atomic E-state index is 9.36. The van der Waals surface area contributed by atoms with Gasteiger partial charge in [0.1, 0.15) is 10.9 Å². The molecule has 0 atom stereocenters. The van der Waals surface area contributed by atoms with Gasteiger partial charge in [0.25, 0.3) is 0 Å². The summed E-state index contributed by atoms with van der Waals surface area (Å²) in [6, 6.07) is 3.30. The summed E-state index contributed by atoms with van der Waals surface area (Å²) in [4.78, 5) is 8.05. The number of hydrogen-bond acceptors (Lipinski definition) is 3. The molecule has 0 spiro atoms. The first-order valence-electron chi connectivity index (χ1n) is 3.78. The normalized spacial score (nSPS) is 10.6. The molecule has 0 saturated carbocycles. The first kappa shape index (κ1) is 8.26. The van der Waals surface area contributed by atoms with E-state index in [1.165, 1.54) is 0 Å². The van der Waals surface area contributed by atoms with Crippen molar-refractivity contribution in [1.82, 2.24) is 9.97 Å². The lowest BCUT2D eigenvalue weighted by Gasteiger charge is -2.01. The van der Waals surface area contributed by atoms with Crippen molar-refractivity contribution in [2.45, 2.75) is 6.92 Å². The zero-order chi connectivity index (χ0) is 9.42. The van der Waals surface area contributed by atoms with Gasteiger partial charge in [-0.25, -0.2) is 9.97 Å². The Morgan fingerprint density at radius 1 is 1.38 bits per heavy atom. The molecule has 4 heteroatoms. The van der Waals surface area contributed by atoms with Crippen molar-refractivity contribution in [1.29, 1.82) is 0 Å². The maximum absolute atomic E-state index is 9.36. The highest BCUT2D eigenvalue weighted by Gasteiger charge is 2.02. The molecule has 0 saturated heterocycles. The zero-order valence-corrected chi connectivity index (χ0v) is 7.71. The van der Waals surface area contributed by atoms with E-state index in [9.17, 15) is 5.11 Å². The second-order valence-corrected chi connectivity index (χ2v) is 3.18. The molecule has 2 aromatic heterocycles. The largest absolute Gasteiger partial charge is 0.506 e. The predicted octanol–water partition coefficient (Wildman–Crippen LogP) is 2.30. The summed E-state index contributed by atoms with van der Waals surface area (Å²) in [6.07, 6.45) is 1.59. The molecule has 0 radical (unpaired) electrons. The number of aryl methyl sites for hydroxylation is 1. The van der Waals surface area contributed by atoms with E-state index in [0.29, 0.717) is 10.8 Å². The van der Waals surface area contributed by atoms with Crippen molar-refractivity contribution in [3.63, 3.8) is 0 Å². The molecule has 2 aromatic rings. The molecular weight excluding hydrogens is 188 g/mol. The summed E-state index contributed by atoms with van der Waals surface area (Å²) >= 11 is 5.70. The Kier molecular flexibility index (Phi) is 1.81. The molecule has 0 fully saturated rings. The van der Waals surface area contributed by atoms with E-state index in [1.807, 2.05) is 0 Å². The van der Waals surface area contributed by atoms with Crippen LogP contribution in [0.2, 0.25) is 5.15 Å². The minimum absolute atomic E-state index is 0.177. The van der Waals surface area contributed by atoms with Crippen molar-refractivity contribution in [2.75, 3.05) is 0 Å². The van der Waals surface area contributed by atoms with Gasteiger partial charge in [0, 0.05) is 17.6 Å². The number of hydrogen-bond donors (Lipinski definition) is 1. The van der Waals surface area contributed by atoms with E-state index in [-0.39, 0.29) is 5.75 Å². The predicted molar refractivity (Wildman–Crippen MR) is 50.9 cm³/mol. The Morgan fingerprint density at radius 2 is 2.15 bits per heavy atom. The highest BCUT2D eigenvalue weighted by Crippen LogP contribution is 2.21. The summed E-state index contributed by atoms with van der Waals surface area (Å²) in [7, 11) is 0. The fourth-order valence-corrected chi connectivity index (χ4v) is 1.28. The molecule has 1 N–H and O–H groups in total. The number of nitrogens with zero attached hydrogens (tertiary/aromatic N) is 2. The number of rotatable bonds is 0. The first-order chi connectivity index (χ1) is 6.16. The molecule has 66 valence electrons. The molecule has 0 aromatic carbocycles. The lowest BCUT2D eigenvalue weighted by Crippen LogP contribution is -1.85. The third kappa shape index (κ3) is 1.42. The SMILES string of the molecule is Cc1nc2cc(Cl)ncc2cc1O. The lowest BCUT2D eigenvalue weighted by atomic mass is 10.2. The molecule has 0 aliphatic rings. The fraction of sp³-hybridized carbons (Fsp3) is 0.111. The lowest BCUT2D eigenvalue weighted by molar-refractivity contribution is 0.469. The summed E-state index contributed by atoms with van der Waals surface area (Å²) in [5.41, 5.74) is 1.34. The van der Waals surface area contributed by atoms with Gasteiger partial charge in [-0.2, -0.15) is 0 Å². The molecular formula is C9H7ClN2O. The number of halogens is 1. The van der Waals surface area contributed by atoms with E-state index in [0.717, 1.165) is 10.9 Å². The third-order valence-corrected chi connectivity index (χ3v) is 2.04. The van der Waals surface area contributed by atoms with Crippen LogP contribution in [0.3, 0.4) is 0 Å². The molecule has 0 amide bonds. The molecule has 3 nitrogen and oxygen atoms in total. The highest BCUT2D eigenvalue weighted by atomic mass is 35.5. The van der Waals surface area contributed by atoms with Gasteiger partial charge in [-0.3, -0.25) is 0 Å². The van der Waals surface area contributed by atoms with Crippen LogP contribution in [0, 0.1) is 6.92 Å². The summed E-state index contributed by atoms with van der Waals surface area (Å²) in [5, 5.41) is 10.6. The third-order valence-electron chi connectivity index (χ3n) is 1.83. The number of fused-ring (bicyclic) bond motifs is 1. The van der Waals surface area contributed by atoms with Gasteiger partial charge >= 0.3 is 0 Å². The molecule has 0 aliphatic carbocycles. The van der Waals surface area contributed by atoms with E-state index in [4.69, 9.17) is 11.6 Å². The van der Waals surface area contributed by atoms with Gasteiger partial charge in [0.15, 0.2) is 0 Å². The molecule has 0 bridgehead atoms. The molecule has 0 aliphatic heterocycles. The van der Waals surface area contributed by atoms with Crippen LogP contribution in [0.25, 0.3) is 10.9 Å². The number of aromatic nitrogens is 2. The Labute approximate surface area is 80.0 Å². The van der Waals surface area contributed by atoms with Gasteiger partial charge in [-0.05, 0) is 13.0 Å². The summed E-state index contributed by atoms with van der Waals surface area (Å²) in [6.45, 7) is 1.74. The Hall–Kier alpha value is -1.35. The van der Waals surface area contributed by atoms with Crippen LogP contribution in [0.1, 0.15) is 5.69 Å². The van der Waals surface area contributed by atoms with E-state index in [1.54, 1.807) is 25.3 Å². The topological polar surface area (TPSA) is 46.0 Å². The van der Waals surface area contributed by atoms with Crippen molar-refractivity contribution in [2.24, 2.45) is 0 Å². The van der Waals surface area contributed by atoms with Crippen LogP contribution < -0.4 is 0 Å². The summed E-state index contributed by atoms with van der Waals surface area (Å²) < 4.78 is 0.